The Morgan fingerprint density at radius 2 is 0.865 bits per heavy atom. The van der Waals surface area contributed by atoms with Crippen LogP contribution in [0.25, 0.3) is 76.9 Å². The van der Waals surface area contributed by atoms with Gasteiger partial charge < -0.3 is 9.32 Å². The Hall–Kier alpha value is -6.90. The molecular weight excluding hydrogens is 631 g/mol. The van der Waals surface area contributed by atoms with Gasteiger partial charge in [-0.25, -0.2) is 0 Å². The SMILES string of the molecule is c1ccc(-c2cccc3cccc(-c4cccc(N(c5ccc(-c6cccc7ccccc67)cc5)c5ccc6oc7ccccc7c6c5)c4)c23)cc1. The standard InChI is InChI=1S/C50H33NO/c1-2-12-35(13-3-1)44-23-10-16-37-17-11-24-45(50(37)44)38-18-8-19-40(32-38)51(41-30-31-49-47(33-41)46-21-6-7-25-48(46)52-49)39-28-26-36(27-29-39)43-22-9-15-34-14-4-5-20-42(34)43/h1-33H. The summed E-state index contributed by atoms with van der Waals surface area (Å²) in [5.74, 6) is 0. The van der Waals surface area contributed by atoms with E-state index in [4.69, 9.17) is 4.42 Å². The number of nitrogens with zero attached hydrogens (tertiary/aromatic N) is 1. The third-order valence-corrected chi connectivity index (χ3v) is 10.2. The van der Waals surface area contributed by atoms with Crippen LogP contribution in [-0.2, 0) is 0 Å². The fourth-order valence-electron chi connectivity index (χ4n) is 7.82. The van der Waals surface area contributed by atoms with Gasteiger partial charge in [-0.2, -0.15) is 0 Å². The van der Waals surface area contributed by atoms with Gasteiger partial charge in [0.05, 0.1) is 0 Å². The van der Waals surface area contributed by atoms with Crippen molar-refractivity contribution in [3.63, 3.8) is 0 Å². The molecular formula is C50H33NO. The first-order chi connectivity index (χ1) is 25.8. The quantitative estimate of drug-likeness (QED) is 0.176. The molecule has 0 fully saturated rings. The predicted octanol–water partition coefficient (Wildman–Crippen LogP) is 14.4. The maximum absolute atomic E-state index is 6.25. The maximum Gasteiger partial charge on any atom is 0.135 e. The van der Waals surface area contributed by atoms with Gasteiger partial charge in [0.1, 0.15) is 11.2 Å². The van der Waals surface area contributed by atoms with Crippen LogP contribution < -0.4 is 4.90 Å². The van der Waals surface area contributed by atoms with Crippen LogP contribution in [0.3, 0.4) is 0 Å². The van der Waals surface area contributed by atoms with Crippen molar-refractivity contribution in [3.8, 4) is 33.4 Å². The molecule has 10 rings (SSSR count). The third-order valence-electron chi connectivity index (χ3n) is 10.2. The molecule has 0 aliphatic carbocycles. The minimum absolute atomic E-state index is 0.883. The Labute approximate surface area is 302 Å². The van der Waals surface area contributed by atoms with Gasteiger partial charge >= 0.3 is 0 Å². The van der Waals surface area contributed by atoms with Crippen LogP contribution in [0.15, 0.2) is 205 Å². The second-order valence-electron chi connectivity index (χ2n) is 13.3. The second kappa shape index (κ2) is 12.5. The van der Waals surface area contributed by atoms with Crippen molar-refractivity contribution in [2.75, 3.05) is 4.90 Å². The highest BCUT2D eigenvalue weighted by Crippen LogP contribution is 2.42. The third kappa shape index (κ3) is 5.12. The summed E-state index contributed by atoms with van der Waals surface area (Å²) in [7, 11) is 0. The van der Waals surface area contributed by atoms with Crippen LogP contribution >= 0.6 is 0 Å². The Kier molecular flexibility index (Phi) is 7.18. The number of para-hydroxylation sites is 1. The second-order valence-corrected chi connectivity index (χ2v) is 13.3. The molecule has 0 saturated carbocycles. The van der Waals surface area contributed by atoms with Crippen molar-refractivity contribution < 1.29 is 4.42 Å². The summed E-state index contributed by atoms with van der Waals surface area (Å²) >= 11 is 0. The molecule has 0 N–H and O–H groups in total. The van der Waals surface area contributed by atoms with Crippen LogP contribution in [-0.4, -0.2) is 0 Å². The summed E-state index contributed by atoms with van der Waals surface area (Å²) in [6.45, 7) is 0. The molecule has 0 spiro atoms. The lowest BCUT2D eigenvalue weighted by Gasteiger charge is -2.26. The lowest BCUT2D eigenvalue weighted by Crippen LogP contribution is -2.10. The number of rotatable bonds is 6. The van der Waals surface area contributed by atoms with Crippen LogP contribution in [0.4, 0.5) is 17.1 Å². The van der Waals surface area contributed by atoms with Gasteiger partial charge in [0.25, 0.3) is 0 Å². The van der Waals surface area contributed by atoms with E-state index in [0.717, 1.165) is 39.0 Å². The molecule has 2 heteroatoms. The van der Waals surface area contributed by atoms with Crippen molar-refractivity contribution in [1.82, 2.24) is 0 Å². The number of hydrogen-bond donors (Lipinski definition) is 0. The fraction of sp³-hybridized carbons (Fsp3) is 0. The van der Waals surface area contributed by atoms with Gasteiger partial charge in [-0.05, 0) is 103 Å². The van der Waals surface area contributed by atoms with Crippen molar-refractivity contribution in [1.29, 1.82) is 0 Å². The molecule has 10 aromatic rings. The number of benzene rings is 9. The maximum atomic E-state index is 6.25. The molecule has 0 radical (unpaired) electrons. The molecule has 9 aromatic carbocycles. The van der Waals surface area contributed by atoms with Crippen molar-refractivity contribution >= 4 is 60.5 Å². The lowest BCUT2D eigenvalue weighted by atomic mass is 9.91. The zero-order valence-electron chi connectivity index (χ0n) is 28.4. The summed E-state index contributed by atoms with van der Waals surface area (Å²) < 4.78 is 6.25. The number of fused-ring (bicyclic) bond motifs is 5. The van der Waals surface area contributed by atoms with E-state index < -0.39 is 0 Å². The molecule has 2 nitrogen and oxygen atoms in total. The highest BCUT2D eigenvalue weighted by Gasteiger charge is 2.18. The molecule has 0 saturated heterocycles. The lowest BCUT2D eigenvalue weighted by molar-refractivity contribution is 0.669. The van der Waals surface area contributed by atoms with E-state index in [-0.39, 0.29) is 0 Å². The van der Waals surface area contributed by atoms with E-state index in [0.29, 0.717) is 0 Å². The Balaban J connectivity index is 1.15. The largest absolute Gasteiger partial charge is 0.456 e. The topological polar surface area (TPSA) is 16.4 Å². The Bertz CT molecular complexity index is 2890. The van der Waals surface area contributed by atoms with Crippen LogP contribution in [0.1, 0.15) is 0 Å². The zero-order chi connectivity index (χ0) is 34.4. The summed E-state index contributed by atoms with van der Waals surface area (Å²) in [4.78, 5) is 2.36. The normalized spacial score (nSPS) is 11.5. The van der Waals surface area contributed by atoms with Gasteiger partial charge in [0.2, 0.25) is 0 Å². The molecule has 0 amide bonds. The molecule has 1 aromatic heterocycles. The average Bonchev–Trinajstić information content (AvgIpc) is 3.59. The van der Waals surface area contributed by atoms with Crippen LogP contribution in [0.2, 0.25) is 0 Å². The highest BCUT2D eigenvalue weighted by atomic mass is 16.3. The van der Waals surface area contributed by atoms with Crippen LogP contribution in [0, 0.1) is 0 Å². The van der Waals surface area contributed by atoms with E-state index in [1.165, 1.54) is 54.9 Å². The summed E-state index contributed by atoms with van der Waals surface area (Å²) in [6, 6.07) is 71.8. The van der Waals surface area contributed by atoms with E-state index in [1.54, 1.807) is 0 Å². The summed E-state index contributed by atoms with van der Waals surface area (Å²) in [5, 5.41) is 7.19. The number of anilines is 3. The van der Waals surface area contributed by atoms with Gasteiger partial charge in [-0.15, -0.1) is 0 Å². The zero-order valence-corrected chi connectivity index (χ0v) is 28.4. The number of furan rings is 1. The fourth-order valence-corrected chi connectivity index (χ4v) is 7.82. The van der Waals surface area contributed by atoms with Crippen molar-refractivity contribution in [3.05, 3.63) is 200 Å². The predicted molar refractivity (Wildman–Crippen MR) is 220 cm³/mol. The molecule has 0 aliphatic heterocycles. The average molecular weight is 664 g/mol. The van der Waals surface area contributed by atoms with Gasteiger partial charge in [-0.3, -0.25) is 0 Å². The van der Waals surface area contributed by atoms with Crippen LogP contribution in [0.5, 0.6) is 0 Å². The van der Waals surface area contributed by atoms with E-state index in [2.05, 4.69) is 193 Å². The molecule has 52 heavy (non-hydrogen) atoms. The summed E-state index contributed by atoms with van der Waals surface area (Å²) in [6.07, 6.45) is 0. The monoisotopic (exact) mass is 663 g/mol. The van der Waals surface area contributed by atoms with E-state index in [9.17, 15) is 0 Å². The first kappa shape index (κ1) is 30.0. The minimum Gasteiger partial charge on any atom is -0.456 e. The van der Waals surface area contributed by atoms with Gasteiger partial charge in [0, 0.05) is 27.8 Å². The first-order valence-electron chi connectivity index (χ1n) is 17.8. The van der Waals surface area contributed by atoms with Crippen molar-refractivity contribution in [2.24, 2.45) is 0 Å². The summed E-state index contributed by atoms with van der Waals surface area (Å²) in [5.41, 5.74) is 12.2. The van der Waals surface area contributed by atoms with Gasteiger partial charge in [0.15, 0.2) is 0 Å². The highest BCUT2D eigenvalue weighted by molar-refractivity contribution is 6.08. The van der Waals surface area contributed by atoms with Gasteiger partial charge in [-0.1, -0.05) is 152 Å². The Morgan fingerprint density at radius 1 is 0.308 bits per heavy atom. The molecule has 0 atom stereocenters. The molecule has 0 unspecified atom stereocenters. The molecule has 244 valence electrons. The molecule has 0 aliphatic rings. The molecule has 1 heterocycles. The Morgan fingerprint density at radius 3 is 1.69 bits per heavy atom. The molecule has 0 bridgehead atoms. The minimum atomic E-state index is 0.883. The van der Waals surface area contributed by atoms with E-state index >= 15 is 0 Å². The van der Waals surface area contributed by atoms with Crippen molar-refractivity contribution in [2.45, 2.75) is 0 Å². The van der Waals surface area contributed by atoms with E-state index in [1.807, 2.05) is 12.1 Å². The first-order valence-corrected chi connectivity index (χ1v) is 17.8. The number of hydrogen-bond acceptors (Lipinski definition) is 2. The smallest absolute Gasteiger partial charge is 0.135 e.